The Balaban J connectivity index is 2.48. The van der Waals surface area contributed by atoms with Crippen LogP contribution in [0.5, 0.6) is 0 Å². The van der Waals surface area contributed by atoms with E-state index in [2.05, 4.69) is 4.98 Å². The van der Waals surface area contributed by atoms with E-state index in [1.807, 2.05) is 19.1 Å². The van der Waals surface area contributed by atoms with Crippen LogP contribution in [-0.2, 0) is 6.54 Å². The Morgan fingerprint density at radius 1 is 1.33 bits per heavy atom. The minimum absolute atomic E-state index is 0.437. The van der Waals surface area contributed by atoms with Crippen molar-refractivity contribution < 1.29 is 4.79 Å². The smallest absolute Gasteiger partial charge is 0.248 e. The fourth-order valence-electron chi connectivity index (χ4n) is 1.87. The molecule has 2 aromatic rings. The Kier molecular flexibility index (Phi) is 3.39. The Morgan fingerprint density at radius 2 is 2.11 bits per heavy atom. The quantitative estimate of drug-likeness (QED) is 0.856. The summed E-state index contributed by atoms with van der Waals surface area (Å²) in [5.74, 6) is -0.437. The Bertz CT molecular complexity index is 593. The highest BCUT2D eigenvalue weighted by Gasteiger charge is 2.07. The number of amides is 1. The molecule has 0 aliphatic heterocycles. The van der Waals surface area contributed by atoms with Crippen LogP contribution in [0.25, 0.3) is 11.3 Å². The van der Waals surface area contributed by atoms with E-state index in [4.69, 9.17) is 11.5 Å². The number of pyridine rings is 1. The summed E-state index contributed by atoms with van der Waals surface area (Å²) in [6, 6.07) is 9.14. The third-order valence-electron chi connectivity index (χ3n) is 2.79. The molecule has 4 nitrogen and oxygen atoms in total. The van der Waals surface area contributed by atoms with Crippen molar-refractivity contribution in [3.05, 3.63) is 53.2 Å². The first-order valence-corrected chi connectivity index (χ1v) is 5.67. The first kappa shape index (κ1) is 12.3. The zero-order valence-corrected chi connectivity index (χ0v) is 10.2. The number of nitrogens with two attached hydrogens (primary N) is 2. The molecule has 1 aromatic heterocycles. The molecule has 0 atom stereocenters. The van der Waals surface area contributed by atoms with Gasteiger partial charge in [-0.25, -0.2) is 0 Å². The van der Waals surface area contributed by atoms with Crippen LogP contribution in [0.1, 0.15) is 21.5 Å². The fraction of sp³-hybridized carbons (Fsp3) is 0.143. The second kappa shape index (κ2) is 4.98. The molecule has 2 rings (SSSR count). The van der Waals surface area contributed by atoms with Crippen LogP contribution in [0, 0.1) is 6.92 Å². The molecule has 4 N–H and O–H groups in total. The molecule has 4 heteroatoms. The highest BCUT2D eigenvalue weighted by molar-refractivity contribution is 5.94. The predicted molar refractivity (Wildman–Crippen MR) is 70.8 cm³/mol. The maximum atomic E-state index is 11.2. The Morgan fingerprint density at radius 3 is 2.72 bits per heavy atom. The van der Waals surface area contributed by atoms with Crippen molar-refractivity contribution in [2.24, 2.45) is 11.5 Å². The van der Waals surface area contributed by atoms with E-state index in [9.17, 15) is 4.79 Å². The van der Waals surface area contributed by atoms with Gasteiger partial charge < -0.3 is 11.5 Å². The number of aromatic nitrogens is 1. The largest absolute Gasteiger partial charge is 0.366 e. The van der Waals surface area contributed by atoms with Gasteiger partial charge in [0, 0.05) is 23.9 Å². The van der Waals surface area contributed by atoms with Crippen molar-refractivity contribution in [2.45, 2.75) is 13.5 Å². The lowest BCUT2D eigenvalue weighted by Crippen LogP contribution is -2.10. The minimum atomic E-state index is -0.437. The standard InChI is InChI=1S/C14H15N3O/c1-9-5-10(7-15)8-17-13(9)11-3-2-4-12(6-11)14(16)18/h2-6,8H,7,15H2,1H3,(H2,16,18). The van der Waals surface area contributed by atoms with Crippen molar-refractivity contribution in [3.8, 4) is 11.3 Å². The van der Waals surface area contributed by atoms with Crippen LogP contribution in [-0.4, -0.2) is 10.9 Å². The zero-order valence-electron chi connectivity index (χ0n) is 10.2. The van der Waals surface area contributed by atoms with Gasteiger partial charge in [0.2, 0.25) is 5.91 Å². The molecule has 92 valence electrons. The van der Waals surface area contributed by atoms with Crippen LogP contribution in [0.2, 0.25) is 0 Å². The first-order valence-electron chi connectivity index (χ1n) is 5.67. The molecule has 0 bridgehead atoms. The number of hydrogen-bond acceptors (Lipinski definition) is 3. The maximum absolute atomic E-state index is 11.2. The van der Waals surface area contributed by atoms with Crippen LogP contribution >= 0.6 is 0 Å². The molecule has 1 heterocycles. The second-order valence-electron chi connectivity index (χ2n) is 4.16. The normalized spacial score (nSPS) is 10.3. The van der Waals surface area contributed by atoms with Crippen molar-refractivity contribution in [2.75, 3.05) is 0 Å². The van der Waals surface area contributed by atoms with Gasteiger partial charge in [-0.15, -0.1) is 0 Å². The van der Waals surface area contributed by atoms with Crippen molar-refractivity contribution in [1.82, 2.24) is 4.98 Å². The average Bonchev–Trinajstić information content (AvgIpc) is 2.38. The monoisotopic (exact) mass is 241 g/mol. The summed E-state index contributed by atoms with van der Waals surface area (Å²) in [6.07, 6.45) is 1.75. The molecule has 1 aromatic carbocycles. The molecule has 0 radical (unpaired) electrons. The number of nitrogens with zero attached hydrogens (tertiary/aromatic N) is 1. The lowest BCUT2D eigenvalue weighted by Gasteiger charge is -2.07. The lowest BCUT2D eigenvalue weighted by atomic mass is 10.0. The number of rotatable bonds is 3. The van der Waals surface area contributed by atoms with Gasteiger partial charge in [-0.1, -0.05) is 18.2 Å². The van der Waals surface area contributed by atoms with Crippen LogP contribution in [0.3, 0.4) is 0 Å². The van der Waals surface area contributed by atoms with Gasteiger partial charge in [0.1, 0.15) is 0 Å². The van der Waals surface area contributed by atoms with Gasteiger partial charge in [-0.05, 0) is 30.2 Å². The third-order valence-corrected chi connectivity index (χ3v) is 2.79. The maximum Gasteiger partial charge on any atom is 0.248 e. The number of carbonyl (C=O) groups excluding carboxylic acids is 1. The molecule has 0 fully saturated rings. The van der Waals surface area contributed by atoms with E-state index in [1.54, 1.807) is 24.4 Å². The zero-order chi connectivity index (χ0) is 13.1. The molecule has 18 heavy (non-hydrogen) atoms. The molecule has 0 aliphatic rings. The Hall–Kier alpha value is -2.20. The fourth-order valence-corrected chi connectivity index (χ4v) is 1.87. The number of carbonyl (C=O) groups is 1. The summed E-state index contributed by atoms with van der Waals surface area (Å²) in [7, 11) is 0. The molecule has 0 unspecified atom stereocenters. The van der Waals surface area contributed by atoms with Crippen molar-refractivity contribution >= 4 is 5.91 Å². The summed E-state index contributed by atoms with van der Waals surface area (Å²) in [4.78, 5) is 15.5. The van der Waals surface area contributed by atoms with Crippen LogP contribution < -0.4 is 11.5 Å². The topological polar surface area (TPSA) is 82.0 Å². The number of primary amides is 1. The van der Waals surface area contributed by atoms with E-state index in [-0.39, 0.29) is 0 Å². The second-order valence-corrected chi connectivity index (χ2v) is 4.16. The summed E-state index contributed by atoms with van der Waals surface area (Å²) < 4.78 is 0. The van der Waals surface area contributed by atoms with E-state index < -0.39 is 5.91 Å². The predicted octanol–water partition coefficient (Wildman–Crippen LogP) is 1.61. The van der Waals surface area contributed by atoms with E-state index in [0.29, 0.717) is 12.1 Å². The highest BCUT2D eigenvalue weighted by Crippen LogP contribution is 2.22. The molecule has 0 spiro atoms. The summed E-state index contributed by atoms with van der Waals surface area (Å²) in [5, 5.41) is 0. The third kappa shape index (κ3) is 2.38. The summed E-state index contributed by atoms with van der Waals surface area (Å²) >= 11 is 0. The van der Waals surface area contributed by atoms with Crippen LogP contribution in [0.4, 0.5) is 0 Å². The van der Waals surface area contributed by atoms with Gasteiger partial charge in [-0.3, -0.25) is 9.78 Å². The van der Waals surface area contributed by atoms with Gasteiger partial charge in [0.05, 0.1) is 5.69 Å². The van der Waals surface area contributed by atoms with E-state index >= 15 is 0 Å². The van der Waals surface area contributed by atoms with E-state index in [1.165, 1.54) is 0 Å². The van der Waals surface area contributed by atoms with Crippen molar-refractivity contribution in [1.29, 1.82) is 0 Å². The Labute approximate surface area is 106 Å². The highest BCUT2D eigenvalue weighted by atomic mass is 16.1. The van der Waals surface area contributed by atoms with Crippen molar-refractivity contribution in [3.63, 3.8) is 0 Å². The number of benzene rings is 1. The summed E-state index contributed by atoms with van der Waals surface area (Å²) in [5.41, 5.74) is 15.1. The molecule has 1 amide bonds. The number of aryl methyl sites for hydroxylation is 1. The first-order chi connectivity index (χ1) is 8.61. The van der Waals surface area contributed by atoms with Gasteiger partial charge in [-0.2, -0.15) is 0 Å². The summed E-state index contributed by atoms with van der Waals surface area (Å²) in [6.45, 7) is 2.44. The minimum Gasteiger partial charge on any atom is -0.366 e. The van der Waals surface area contributed by atoms with Crippen LogP contribution in [0.15, 0.2) is 36.5 Å². The SMILES string of the molecule is Cc1cc(CN)cnc1-c1cccc(C(N)=O)c1. The molecule has 0 saturated heterocycles. The van der Waals surface area contributed by atoms with E-state index in [0.717, 1.165) is 22.4 Å². The average molecular weight is 241 g/mol. The lowest BCUT2D eigenvalue weighted by molar-refractivity contribution is 0.100. The molecule has 0 aliphatic carbocycles. The van der Waals surface area contributed by atoms with Gasteiger partial charge in [0.25, 0.3) is 0 Å². The molecule has 0 saturated carbocycles. The van der Waals surface area contributed by atoms with Gasteiger partial charge in [0.15, 0.2) is 0 Å². The molecular weight excluding hydrogens is 226 g/mol. The van der Waals surface area contributed by atoms with Gasteiger partial charge >= 0.3 is 0 Å². The number of hydrogen-bond donors (Lipinski definition) is 2. The molecular formula is C14H15N3O.